The van der Waals surface area contributed by atoms with Crippen molar-refractivity contribution in [2.24, 2.45) is 15.2 Å². The highest BCUT2D eigenvalue weighted by atomic mass is 32.1. The van der Waals surface area contributed by atoms with Crippen LogP contribution in [0.3, 0.4) is 0 Å². The number of carbonyl (C=O) groups is 1. The van der Waals surface area contributed by atoms with Crippen LogP contribution in [0.5, 0.6) is 0 Å². The molecule has 0 radical (unpaired) electrons. The van der Waals surface area contributed by atoms with E-state index in [0.717, 1.165) is 5.56 Å². The van der Waals surface area contributed by atoms with E-state index in [1.165, 1.54) is 18.4 Å². The molecule has 0 aliphatic heterocycles. The number of aliphatic imine (C=N–C) groups is 1. The molecule has 2 aromatic heterocycles. The number of benzene rings is 2. The lowest BCUT2D eigenvalue weighted by atomic mass is 10.2. The highest BCUT2D eigenvalue weighted by Crippen LogP contribution is 2.22. The zero-order valence-corrected chi connectivity index (χ0v) is 16.0. The van der Waals surface area contributed by atoms with Gasteiger partial charge in [0.2, 0.25) is 11.7 Å². The molecule has 2 aromatic carbocycles. The smallest absolute Gasteiger partial charge is 0.335 e. The van der Waals surface area contributed by atoms with Gasteiger partial charge in [-0.05, 0) is 72.9 Å². The number of carboxylic acid groups (broad SMARTS) is 1. The Morgan fingerprint density at radius 1 is 1.03 bits per heavy atom. The van der Waals surface area contributed by atoms with E-state index in [-0.39, 0.29) is 16.2 Å². The van der Waals surface area contributed by atoms with Gasteiger partial charge in [-0.25, -0.2) is 14.9 Å². The van der Waals surface area contributed by atoms with Gasteiger partial charge in [0.25, 0.3) is 4.84 Å². The molecule has 0 fully saturated rings. The number of aromatic nitrogens is 2. The Morgan fingerprint density at radius 2 is 1.77 bits per heavy atom. The molecule has 0 aliphatic rings. The van der Waals surface area contributed by atoms with Gasteiger partial charge in [0.15, 0.2) is 5.76 Å². The van der Waals surface area contributed by atoms with Gasteiger partial charge in [-0.3, -0.25) is 0 Å². The fraction of sp³-hybridized carbons (Fsp3) is 0. The van der Waals surface area contributed by atoms with E-state index in [9.17, 15) is 4.79 Å². The number of aromatic amines is 1. The van der Waals surface area contributed by atoms with Crippen LogP contribution in [0, 0.1) is 4.84 Å². The van der Waals surface area contributed by atoms with Gasteiger partial charge in [0, 0.05) is 5.56 Å². The van der Waals surface area contributed by atoms with E-state index in [1.807, 2.05) is 0 Å². The van der Waals surface area contributed by atoms with Crippen LogP contribution in [0.2, 0.25) is 0 Å². The number of H-pyrrole nitrogens is 1. The first kappa shape index (κ1) is 19.2. The molecule has 2 N–H and O–H groups in total. The van der Waals surface area contributed by atoms with Crippen LogP contribution in [0.25, 0.3) is 11.5 Å². The topological polar surface area (TPSA) is 129 Å². The number of azo groups is 1. The van der Waals surface area contributed by atoms with Crippen molar-refractivity contribution >= 4 is 35.4 Å². The first-order chi connectivity index (χ1) is 14.6. The summed E-state index contributed by atoms with van der Waals surface area (Å²) in [5.74, 6) is 0.0359. The summed E-state index contributed by atoms with van der Waals surface area (Å²) < 4.78 is 10.7. The van der Waals surface area contributed by atoms with Crippen molar-refractivity contribution in [1.29, 1.82) is 0 Å². The van der Waals surface area contributed by atoms with E-state index in [4.69, 9.17) is 26.2 Å². The maximum absolute atomic E-state index is 11.0. The lowest BCUT2D eigenvalue weighted by molar-refractivity contribution is 0.0697. The van der Waals surface area contributed by atoms with Crippen LogP contribution < -0.4 is 0 Å². The summed E-state index contributed by atoms with van der Waals surface area (Å²) in [6.07, 6.45) is 1.50. The normalized spacial score (nSPS) is 11.8. The standard InChI is InChI=1S/C20H13N5O4S/c26-19(27)13-5-7-14(8-6-13)21-17(16-2-1-11-28-16)23-22-15-9-3-12(4-10-15)18-24-25-20(30)29-18/h1-11H,(H,25,30)(H,26,27). The fourth-order valence-electron chi connectivity index (χ4n) is 2.46. The van der Waals surface area contributed by atoms with Gasteiger partial charge in [-0.1, -0.05) is 0 Å². The van der Waals surface area contributed by atoms with Crippen molar-refractivity contribution in [2.45, 2.75) is 0 Å². The number of nitrogens with zero attached hydrogens (tertiary/aromatic N) is 4. The zero-order valence-electron chi connectivity index (χ0n) is 15.2. The SMILES string of the molecule is O=C(O)c1ccc(N=C(N=Nc2ccc(-c3n[nH]c(=S)o3)cc2)c2ccco2)cc1. The second-order valence-electron chi connectivity index (χ2n) is 5.93. The van der Waals surface area contributed by atoms with Gasteiger partial charge in [-0.2, -0.15) is 0 Å². The van der Waals surface area contributed by atoms with Gasteiger partial charge >= 0.3 is 5.97 Å². The Morgan fingerprint density at radius 3 is 2.37 bits per heavy atom. The molecular weight excluding hydrogens is 406 g/mol. The fourth-order valence-corrected chi connectivity index (χ4v) is 2.59. The molecule has 148 valence electrons. The molecule has 2 heterocycles. The average Bonchev–Trinajstić information content (AvgIpc) is 3.44. The van der Waals surface area contributed by atoms with Crippen molar-refractivity contribution in [2.75, 3.05) is 0 Å². The molecule has 0 spiro atoms. The molecule has 10 heteroatoms. The van der Waals surface area contributed by atoms with E-state index >= 15 is 0 Å². The van der Waals surface area contributed by atoms with Crippen LogP contribution in [0.1, 0.15) is 16.1 Å². The van der Waals surface area contributed by atoms with Crippen LogP contribution in [0.15, 0.2) is 91.0 Å². The molecule has 0 saturated carbocycles. The summed E-state index contributed by atoms with van der Waals surface area (Å²) in [5, 5.41) is 24.0. The number of furan rings is 1. The number of amidine groups is 1. The summed E-state index contributed by atoms with van der Waals surface area (Å²) in [6.45, 7) is 0. The maximum Gasteiger partial charge on any atom is 0.335 e. The molecule has 0 atom stereocenters. The van der Waals surface area contributed by atoms with Gasteiger partial charge in [0.1, 0.15) is 0 Å². The van der Waals surface area contributed by atoms with Crippen molar-refractivity contribution in [1.82, 2.24) is 10.2 Å². The Hall–Kier alpha value is -4.18. The predicted molar refractivity (Wildman–Crippen MR) is 110 cm³/mol. The largest absolute Gasteiger partial charge is 0.478 e. The van der Waals surface area contributed by atoms with E-state index in [0.29, 0.717) is 23.0 Å². The minimum absolute atomic E-state index is 0.169. The Bertz CT molecular complexity index is 1270. The molecule has 9 nitrogen and oxygen atoms in total. The second-order valence-corrected chi connectivity index (χ2v) is 6.30. The third kappa shape index (κ3) is 4.45. The highest BCUT2D eigenvalue weighted by molar-refractivity contribution is 7.71. The molecule has 4 rings (SSSR count). The van der Waals surface area contributed by atoms with Gasteiger partial charge in [-0.15, -0.1) is 15.3 Å². The van der Waals surface area contributed by atoms with Crippen molar-refractivity contribution in [3.8, 4) is 11.5 Å². The first-order valence-electron chi connectivity index (χ1n) is 8.62. The maximum atomic E-state index is 11.0. The lowest BCUT2D eigenvalue weighted by Gasteiger charge is -1.99. The third-order valence-electron chi connectivity index (χ3n) is 3.90. The minimum atomic E-state index is -1.01. The van der Waals surface area contributed by atoms with Crippen molar-refractivity contribution < 1.29 is 18.7 Å². The number of aromatic carboxylic acids is 1. The third-order valence-corrected chi connectivity index (χ3v) is 4.08. The first-order valence-corrected chi connectivity index (χ1v) is 9.03. The molecule has 0 bridgehead atoms. The van der Waals surface area contributed by atoms with Crippen molar-refractivity contribution in [3.05, 3.63) is 83.1 Å². The highest BCUT2D eigenvalue weighted by Gasteiger charge is 2.08. The monoisotopic (exact) mass is 419 g/mol. The Kier molecular flexibility index (Phi) is 5.39. The van der Waals surface area contributed by atoms with E-state index in [1.54, 1.807) is 48.5 Å². The number of hydrogen-bond donors (Lipinski definition) is 2. The quantitative estimate of drug-likeness (QED) is 0.189. The summed E-state index contributed by atoms with van der Waals surface area (Å²) in [7, 11) is 0. The summed E-state index contributed by atoms with van der Waals surface area (Å²) in [5.41, 5.74) is 2.00. The minimum Gasteiger partial charge on any atom is -0.478 e. The molecular formula is C20H13N5O4S. The number of carboxylic acids is 1. The van der Waals surface area contributed by atoms with Gasteiger partial charge < -0.3 is 13.9 Å². The van der Waals surface area contributed by atoms with Crippen LogP contribution in [0.4, 0.5) is 11.4 Å². The Balaban J connectivity index is 1.60. The van der Waals surface area contributed by atoms with E-state index in [2.05, 4.69) is 25.4 Å². The number of nitrogens with one attached hydrogen (secondary N) is 1. The summed E-state index contributed by atoms with van der Waals surface area (Å²) >= 11 is 4.87. The molecule has 0 aliphatic carbocycles. The van der Waals surface area contributed by atoms with Crippen LogP contribution in [-0.2, 0) is 0 Å². The number of hydrogen-bond acceptors (Lipinski definition) is 7. The van der Waals surface area contributed by atoms with Crippen LogP contribution >= 0.6 is 12.2 Å². The van der Waals surface area contributed by atoms with Crippen LogP contribution in [-0.4, -0.2) is 27.1 Å². The van der Waals surface area contributed by atoms with Crippen molar-refractivity contribution in [3.63, 3.8) is 0 Å². The molecule has 0 amide bonds. The number of rotatable bonds is 5. The molecule has 0 saturated heterocycles. The van der Waals surface area contributed by atoms with Gasteiger partial charge in [0.05, 0.1) is 23.2 Å². The Labute approximate surface area is 174 Å². The molecule has 0 unspecified atom stereocenters. The molecule has 30 heavy (non-hydrogen) atoms. The van der Waals surface area contributed by atoms with E-state index < -0.39 is 5.97 Å². The second kappa shape index (κ2) is 8.45. The molecule has 4 aromatic rings. The summed E-state index contributed by atoms with van der Waals surface area (Å²) in [6, 6.07) is 16.5. The predicted octanol–water partition coefficient (Wildman–Crippen LogP) is 5.55. The lowest BCUT2D eigenvalue weighted by Crippen LogP contribution is -1.95. The summed E-state index contributed by atoms with van der Waals surface area (Å²) in [4.78, 5) is 15.6. The zero-order chi connectivity index (χ0) is 20.9. The average molecular weight is 419 g/mol.